The van der Waals surface area contributed by atoms with Crippen molar-refractivity contribution in [2.75, 3.05) is 19.7 Å². The first-order valence-corrected chi connectivity index (χ1v) is 5.70. The molecule has 2 heterocycles. The molecule has 0 aliphatic carbocycles. The molecule has 1 unspecified atom stereocenters. The maximum absolute atomic E-state index is 12.0. The lowest BCUT2D eigenvalue weighted by molar-refractivity contribution is 0.0653. The van der Waals surface area contributed by atoms with Crippen molar-refractivity contribution in [2.45, 2.75) is 19.3 Å². The third-order valence-corrected chi connectivity index (χ3v) is 3.09. The fourth-order valence-corrected chi connectivity index (χ4v) is 2.22. The molecule has 5 nitrogen and oxygen atoms in total. The van der Waals surface area contributed by atoms with Gasteiger partial charge in [0.1, 0.15) is 0 Å². The van der Waals surface area contributed by atoms with E-state index in [9.17, 15) is 4.79 Å². The fraction of sp³-hybridized carbons (Fsp3) is 0.636. The topological polar surface area (TPSA) is 69.2 Å². The molecule has 1 aromatic heterocycles. The summed E-state index contributed by atoms with van der Waals surface area (Å²) in [6, 6.07) is 0. The van der Waals surface area contributed by atoms with E-state index in [-0.39, 0.29) is 12.5 Å². The summed E-state index contributed by atoms with van der Waals surface area (Å²) in [5.41, 5.74) is 0.615. The number of piperidine rings is 1. The van der Waals surface area contributed by atoms with E-state index in [1.165, 1.54) is 0 Å². The molecule has 2 N–H and O–H groups in total. The molecule has 1 amide bonds. The highest BCUT2D eigenvalue weighted by atomic mass is 16.3. The van der Waals surface area contributed by atoms with Crippen LogP contribution < -0.4 is 0 Å². The largest absolute Gasteiger partial charge is 0.396 e. The Kier molecular flexibility index (Phi) is 3.56. The van der Waals surface area contributed by atoms with Crippen molar-refractivity contribution in [3.63, 3.8) is 0 Å². The first-order valence-electron chi connectivity index (χ1n) is 5.70. The number of aromatic nitrogens is 2. The van der Waals surface area contributed by atoms with E-state index in [1.54, 1.807) is 12.4 Å². The Morgan fingerprint density at radius 2 is 2.56 bits per heavy atom. The van der Waals surface area contributed by atoms with Gasteiger partial charge in [0.2, 0.25) is 0 Å². The van der Waals surface area contributed by atoms with Gasteiger partial charge in [-0.15, -0.1) is 0 Å². The number of amides is 1. The molecule has 1 aliphatic heterocycles. The van der Waals surface area contributed by atoms with Crippen molar-refractivity contribution in [1.29, 1.82) is 0 Å². The number of nitrogens with one attached hydrogen (secondary N) is 1. The minimum atomic E-state index is 0.0383. The Labute approximate surface area is 94.5 Å². The molecular formula is C11H17N3O2. The van der Waals surface area contributed by atoms with Crippen LogP contribution in [-0.2, 0) is 0 Å². The number of hydrogen-bond acceptors (Lipinski definition) is 3. The number of likely N-dealkylation sites (tertiary alicyclic amines) is 1. The first-order chi connectivity index (χ1) is 7.81. The number of H-pyrrole nitrogens is 1. The van der Waals surface area contributed by atoms with Gasteiger partial charge in [0.05, 0.1) is 11.8 Å². The highest BCUT2D eigenvalue weighted by Crippen LogP contribution is 2.20. The van der Waals surface area contributed by atoms with Crippen LogP contribution in [0.2, 0.25) is 0 Å². The molecule has 0 spiro atoms. The second-order valence-corrected chi connectivity index (χ2v) is 4.26. The molecule has 1 aliphatic rings. The lowest BCUT2D eigenvalue weighted by Crippen LogP contribution is -2.40. The summed E-state index contributed by atoms with van der Waals surface area (Å²) in [6.07, 6.45) is 6.09. The standard InChI is InChI=1S/C11H17N3O2/c15-5-3-9-2-1-4-14(8-9)11(16)10-6-12-13-7-10/h6-7,9,15H,1-5,8H2,(H,12,13). The number of carbonyl (C=O) groups is 1. The molecule has 1 fully saturated rings. The third-order valence-electron chi connectivity index (χ3n) is 3.09. The third kappa shape index (κ3) is 2.41. The number of carbonyl (C=O) groups excluding carboxylic acids is 1. The molecule has 0 radical (unpaired) electrons. The lowest BCUT2D eigenvalue weighted by atomic mass is 9.95. The van der Waals surface area contributed by atoms with Crippen LogP contribution in [0.15, 0.2) is 12.4 Å². The van der Waals surface area contributed by atoms with Crippen molar-refractivity contribution >= 4 is 5.91 Å². The SMILES string of the molecule is O=C(c1cn[nH]c1)N1CCCC(CCO)C1. The second-order valence-electron chi connectivity index (χ2n) is 4.26. The van der Waals surface area contributed by atoms with E-state index >= 15 is 0 Å². The monoisotopic (exact) mass is 223 g/mol. The van der Waals surface area contributed by atoms with Gasteiger partial charge in [0, 0.05) is 25.9 Å². The molecule has 0 saturated carbocycles. The number of aromatic amines is 1. The quantitative estimate of drug-likeness (QED) is 0.790. The van der Waals surface area contributed by atoms with Crippen LogP contribution in [0.4, 0.5) is 0 Å². The smallest absolute Gasteiger partial charge is 0.257 e. The minimum Gasteiger partial charge on any atom is -0.396 e. The Balaban J connectivity index is 1.96. The summed E-state index contributed by atoms with van der Waals surface area (Å²) in [5, 5.41) is 15.3. The molecule has 2 rings (SSSR count). The maximum Gasteiger partial charge on any atom is 0.257 e. The zero-order chi connectivity index (χ0) is 11.4. The highest BCUT2D eigenvalue weighted by molar-refractivity contribution is 5.93. The Morgan fingerprint density at radius 1 is 1.69 bits per heavy atom. The van der Waals surface area contributed by atoms with Gasteiger partial charge in [-0.3, -0.25) is 9.89 Å². The van der Waals surface area contributed by atoms with E-state index in [1.807, 2.05) is 4.90 Å². The van der Waals surface area contributed by atoms with Gasteiger partial charge in [0.25, 0.3) is 5.91 Å². The lowest BCUT2D eigenvalue weighted by Gasteiger charge is -2.32. The van der Waals surface area contributed by atoms with Crippen molar-refractivity contribution in [3.8, 4) is 0 Å². The van der Waals surface area contributed by atoms with Gasteiger partial charge in [0.15, 0.2) is 0 Å². The zero-order valence-electron chi connectivity index (χ0n) is 9.22. The van der Waals surface area contributed by atoms with Crippen molar-refractivity contribution in [3.05, 3.63) is 18.0 Å². The van der Waals surface area contributed by atoms with Gasteiger partial charge in [-0.25, -0.2) is 0 Å². The van der Waals surface area contributed by atoms with Gasteiger partial charge in [-0.1, -0.05) is 0 Å². The molecule has 0 aromatic carbocycles. The molecule has 5 heteroatoms. The minimum absolute atomic E-state index is 0.0383. The van der Waals surface area contributed by atoms with E-state index in [2.05, 4.69) is 10.2 Å². The summed E-state index contributed by atoms with van der Waals surface area (Å²) < 4.78 is 0. The maximum atomic E-state index is 12.0. The molecular weight excluding hydrogens is 206 g/mol. The second kappa shape index (κ2) is 5.12. The van der Waals surface area contributed by atoms with Crippen molar-refractivity contribution in [2.24, 2.45) is 5.92 Å². The number of aliphatic hydroxyl groups is 1. The van der Waals surface area contributed by atoms with E-state index < -0.39 is 0 Å². The Bertz CT molecular complexity index is 335. The van der Waals surface area contributed by atoms with Crippen molar-refractivity contribution in [1.82, 2.24) is 15.1 Å². The summed E-state index contributed by atoms with van der Waals surface area (Å²) >= 11 is 0. The highest BCUT2D eigenvalue weighted by Gasteiger charge is 2.24. The molecule has 16 heavy (non-hydrogen) atoms. The van der Waals surface area contributed by atoms with Crippen LogP contribution in [0.1, 0.15) is 29.6 Å². The molecule has 88 valence electrons. The van der Waals surface area contributed by atoms with Crippen LogP contribution in [0.3, 0.4) is 0 Å². The van der Waals surface area contributed by atoms with Gasteiger partial charge < -0.3 is 10.0 Å². The van der Waals surface area contributed by atoms with E-state index in [4.69, 9.17) is 5.11 Å². The zero-order valence-corrected chi connectivity index (χ0v) is 9.22. The van der Waals surface area contributed by atoms with Crippen LogP contribution in [0, 0.1) is 5.92 Å². The normalized spacial score (nSPS) is 21.1. The van der Waals surface area contributed by atoms with Crippen LogP contribution in [0.5, 0.6) is 0 Å². The van der Waals surface area contributed by atoms with Gasteiger partial charge in [-0.05, 0) is 25.2 Å². The summed E-state index contributed by atoms with van der Waals surface area (Å²) in [5.74, 6) is 0.478. The van der Waals surface area contributed by atoms with Gasteiger partial charge >= 0.3 is 0 Å². The number of rotatable bonds is 3. The predicted molar refractivity (Wildman–Crippen MR) is 58.9 cm³/mol. The molecule has 1 atom stereocenters. The van der Waals surface area contributed by atoms with Crippen LogP contribution in [-0.4, -0.2) is 45.8 Å². The first kappa shape index (κ1) is 11.1. The van der Waals surface area contributed by atoms with Crippen LogP contribution >= 0.6 is 0 Å². The summed E-state index contributed by atoms with van der Waals surface area (Å²) in [7, 11) is 0. The van der Waals surface area contributed by atoms with Gasteiger partial charge in [-0.2, -0.15) is 5.10 Å². The Morgan fingerprint density at radius 3 is 3.25 bits per heavy atom. The Hall–Kier alpha value is -1.36. The summed E-state index contributed by atoms with van der Waals surface area (Å²) in [4.78, 5) is 13.9. The van der Waals surface area contributed by atoms with Crippen LogP contribution in [0.25, 0.3) is 0 Å². The molecule has 1 aromatic rings. The summed E-state index contributed by atoms with van der Waals surface area (Å²) in [6.45, 7) is 1.77. The fourth-order valence-electron chi connectivity index (χ4n) is 2.22. The number of hydrogen-bond donors (Lipinski definition) is 2. The van der Waals surface area contributed by atoms with E-state index in [0.29, 0.717) is 11.5 Å². The number of nitrogens with zero attached hydrogens (tertiary/aromatic N) is 2. The predicted octanol–water partition coefficient (Wildman–Crippen LogP) is 0.644. The van der Waals surface area contributed by atoms with E-state index in [0.717, 1.165) is 32.4 Å². The average Bonchev–Trinajstić information content (AvgIpc) is 2.82. The molecule has 1 saturated heterocycles. The van der Waals surface area contributed by atoms with Crippen molar-refractivity contribution < 1.29 is 9.90 Å². The average molecular weight is 223 g/mol. The molecule has 0 bridgehead atoms. The number of aliphatic hydroxyl groups excluding tert-OH is 1.